The Hall–Kier alpha value is -3.42. The van der Waals surface area contributed by atoms with Gasteiger partial charge in [0, 0.05) is 40.7 Å². The molecule has 0 saturated heterocycles. The first-order chi connectivity index (χ1) is 20.4. The molecule has 1 aliphatic rings. The molecule has 0 bridgehead atoms. The van der Waals surface area contributed by atoms with Crippen molar-refractivity contribution < 1.29 is 21.8 Å². The lowest BCUT2D eigenvalue weighted by atomic mass is 9.90. The monoisotopic (exact) mass is 627 g/mol. The topological polar surface area (TPSA) is 20.3 Å². The van der Waals surface area contributed by atoms with Crippen LogP contribution >= 0.6 is 11.6 Å². The van der Waals surface area contributed by atoms with Gasteiger partial charge in [-0.3, -0.25) is 4.21 Å². The minimum absolute atomic E-state index is 0.00171. The Kier molecular flexibility index (Phi) is 10.2. The molecule has 3 aromatic carbocycles. The van der Waals surface area contributed by atoms with Crippen molar-refractivity contribution >= 4 is 39.7 Å². The van der Waals surface area contributed by atoms with Crippen LogP contribution in [0.1, 0.15) is 54.5 Å². The van der Waals surface area contributed by atoms with Crippen molar-refractivity contribution in [3.05, 3.63) is 117 Å². The van der Waals surface area contributed by atoms with Gasteiger partial charge in [-0.25, -0.2) is 17.6 Å². The van der Waals surface area contributed by atoms with Crippen LogP contribution in [0.2, 0.25) is 5.02 Å². The average molecular weight is 628 g/mol. The van der Waals surface area contributed by atoms with E-state index in [1.54, 1.807) is 0 Å². The first kappa shape index (κ1) is 32.5. The summed E-state index contributed by atoms with van der Waals surface area (Å²) in [5.41, 5.74) is 5.87. The Morgan fingerprint density at radius 3 is 2.19 bits per heavy atom. The highest BCUT2D eigenvalue weighted by molar-refractivity contribution is 7.84. The maximum Gasteiger partial charge on any atom is 0.178 e. The van der Waals surface area contributed by atoms with E-state index in [9.17, 15) is 13.0 Å². The van der Waals surface area contributed by atoms with Gasteiger partial charge >= 0.3 is 0 Å². The summed E-state index contributed by atoms with van der Waals surface area (Å²) in [4.78, 5) is 0.959. The molecule has 0 N–H and O–H groups in total. The molecule has 0 fully saturated rings. The second-order valence-electron chi connectivity index (χ2n) is 10.7. The highest BCUT2D eigenvalue weighted by Crippen LogP contribution is 2.40. The summed E-state index contributed by atoms with van der Waals surface area (Å²) in [5.74, 6) is -6.54. The Labute approximate surface area is 258 Å². The van der Waals surface area contributed by atoms with Gasteiger partial charge in [-0.15, -0.1) is 0 Å². The maximum absolute atomic E-state index is 15.0. The first-order valence-electron chi connectivity index (χ1n) is 14.0. The lowest BCUT2D eigenvalue weighted by Gasteiger charge is -2.35. The van der Waals surface area contributed by atoms with Crippen molar-refractivity contribution in [3.8, 4) is 11.1 Å². The third kappa shape index (κ3) is 6.43. The summed E-state index contributed by atoms with van der Waals surface area (Å²) in [6.07, 6.45) is 11.4. The van der Waals surface area contributed by atoms with Crippen LogP contribution in [0.4, 0.5) is 17.6 Å². The Balaban J connectivity index is 1.77. The van der Waals surface area contributed by atoms with E-state index in [-0.39, 0.29) is 18.0 Å². The van der Waals surface area contributed by atoms with Gasteiger partial charge in [0.05, 0.1) is 16.4 Å². The molecule has 0 saturated carbocycles. The maximum atomic E-state index is 15.0. The van der Waals surface area contributed by atoms with Gasteiger partial charge in [-0.2, -0.15) is 0 Å². The van der Waals surface area contributed by atoms with Crippen molar-refractivity contribution in [1.82, 2.24) is 4.90 Å². The third-order valence-electron chi connectivity index (χ3n) is 7.63. The van der Waals surface area contributed by atoms with Gasteiger partial charge in [0.25, 0.3) is 0 Å². The summed E-state index contributed by atoms with van der Waals surface area (Å²) in [7, 11) is -2.26. The lowest BCUT2D eigenvalue weighted by molar-refractivity contribution is 0.315. The highest BCUT2D eigenvalue weighted by atomic mass is 35.5. The number of rotatable bonds is 9. The van der Waals surface area contributed by atoms with E-state index in [0.29, 0.717) is 11.6 Å². The molecule has 0 spiro atoms. The zero-order valence-electron chi connectivity index (χ0n) is 24.8. The van der Waals surface area contributed by atoms with E-state index in [0.717, 1.165) is 51.8 Å². The lowest BCUT2D eigenvalue weighted by Crippen LogP contribution is -2.33. The van der Waals surface area contributed by atoms with Crippen molar-refractivity contribution in [1.29, 1.82) is 0 Å². The fourth-order valence-electron chi connectivity index (χ4n) is 5.65. The van der Waals surface area contributed by atoms with Gasteiger partial charge in [-0.05, 0) is 79.6 Å². The minimum atomic E-state index is -2.26. The molecule has 226 valence electrons. The normalized spacial score (nSPS) is 16.7. The van der Waals surface area contributed by atoms with Crippen LogP contribution in [0, 0.1) is 37.1 Å². The Bertz CT molecular complexity index is 1660. The van der Waals surface area contributed by atoms with Crippen LogP contribution in [0.25, 0.3) is 28.5 Å². The number of hydrogen-bond acceptors (Lipinski definition) is 2. The second kappa shape index (κ2) is 13.5. The third-order valence-corrected chi connectivity index (χ3v) is 8.88. The van der Waals surface area contributed by atoms with Gasteiger partial charge in [0.1, 0.15) is 4.90 Å². The van der Waals surface area contributed by atoms with Crippen LogP contribution < -0.4 is 0 Å². The molecule has 43 heavy (non-hydrogen) atoms. The predicted octanol–water partition coefficient (Wildman–Crippen LogP) is 10.0. The molecular weight excluding hydrogens is 594 g/mol. The molecule has 0 amide bonds. The molecule has 0 heterocycles. The van der Waals surface area contributed by atoms with Crippen molar-refractivity contribution in [2.24, 2.45) is 0 Å². The molecule has 1 unspecified atom stereocenters. The van der Waals surface area contributed by atoms with Gasteiger partial charge in [0.2, 0.25) is 0 Å². The number of aryl methyl sites for hydroxylation is 2. The summed E-state index contributed by atoms with van der Waals surface area (Å²) >= 11 is 6.95. The van der Waals surface area contributed by atoms with Crippen LogP contribution in [-0.2, 0) is 10.8 Å². The molecule has 4 rings (SSSR count). The molecule has 0 radical (unpaired) electrons. The fraction of sp³-hybridized carbons (Fsp3) is 0.257. The number of fused-ring (bicyclic) bond motifs is 1. The van der Waals surface area contributed by atoms with Crippen LogP contribution in [0.15, 0.2) is 66.1 Å². The second-order valence-corrected chi connectivity index (χ2v) is 12.5. The number of allylic oxidation sites excluding steroid dienone is 4. The molecule has 0 aromatic heterocycles. The minimum Gasteiger partial charge on any atom is -0.368 e. The van der Waals surface area contributed by atoms with E-state index >= 15 is 8.78 Å². The van der Waals surface area contributed by atoms with E-state index in [1.165, 1.54) is 0 Å². The highest BCUT2D eigenvalue weighted by Gasteiger charge is 2.30. The average Bonchev–Trinajstić information content (AvgIpc) is 2.93. The summed E-state index contributed by atoms with van der Waals surface area (Å²) in [6, 6.07) is 9.74. The Morgan fingerprint density at radius 1 is 0.977 bits per heavy atom. The van der Waals surface area contributed by atoms with Crippen molar-refractivity contribution in [2.75, 3.05) is 12.8 Å². The van der Waals surface area contributed by atoms with E-state index in [4.69, 9.17) is 11.6 Å². The number of halogens is 5. The van der Waals surface area contributed by atoms with Gasteiger partial charge in [-0.1, -0.05) is 67.6 Å². The smallest absolute Gasteiger partial charge is 0.178 e. The standard InChI is InChI=1S/C35H34ClF4NOS/c1-7-16-41(23(5)17-22(4)30-31(37)33(39)35(43(6)42)34(40)32(30)38)28-15-10-8-9-14-24-18-26(27(36)19-25(24)28)29-20(2)12-11-13-21(29)3/h8-15,18-19,23H,4,7,16-17H2,1-3,5-6H3/b9-8?,10-8+,14-9+,15-10?,24-14?,28-15+,28-25?/t23-,43?/m0/s1. The number of nitrogens with zero attached hydrogens (tertiary/aromatic N) is 1. The first-order valence-corrected chi connectivity index (χ1v) is 15.9. The van der Waals surface area contributed by atoms with E-state index in [2.05, 4.69) is 43.5 Å². The molecule has 2 atom stereocenters. The molecule has 2 nitrogen and oxygen atoms in total. The van der Waals surface area contributed by atoms with Crippen molar-refractivity contribution in [2.45, 2.75) is 51.5 Å². The fourth-order valence-corrected chi connectivity index (χ4v) is 6.60. The van der Waals surface area contributed by atoms with Crippen LogP contribution in [0.3, 0.4) is 0 Å². The predicted molar refractivity (Wildman–Crippen MR) is 171 cm³/mol. The van der Waals surface area contributed by atoms with Crippen LogP contribution in [0.5, 0.6) is 0 Å². The van der Waals surface area contributed by atoms with Crippen molar-refractivity contribution in [3.63, 3.8) is 0 Å². The largest absolute Gasteiger partial charge is 0.368 e. The number of benzene rings is 3. The molecular formula is C35H34ClF4NOS. The van der Waals surface area contributed by atoms with Gasteiger partial charge in [0.15, 0.2) is 23.3 Å². The van der Waals surface area contributed by atoms with Crippen LogP contribution in [-0.4, -0.2) is 28.0 Å². The molecule has 1 aliphatic carbocycles. The summed E-state index contributed by atoms with van der Waals surface area (Å²) in [5, 5.41) is 0.581. The molecule has 0 aliphatic heterocycles. The SMILES string of the molecule is C=C(C[C@H](C)N(CCC)/C1=C/C=C/C=C/c2cc(-c3c(C)cccc3C)c(Cl)cc21)c1c(F)c(F)c(S(C)=O)c(F)c1F. The number of hydrogen-bond donors (Lipinski definition) is 0. The summed E-state index contributed by atoms with van der Waals surface area (Å²) < 4.78 is 71.1. The van der Waals surface area contributed by atoms with E-state index < -0.39 is 44.5 Å². The Morgan fingerprint density at radius 2 is 1.60 bits per heavy atom. The zero-order chi connectivity index (χ0) is 31.6. The van der Waals surface area contributed by atoms with E-state index in [1.807, 2.05) is 56.4 Å². The quantitative estimate of drug-likeness (QED) is 0.174. The zero-order valence-corrected chi connectivity index (χ0v) is 26.4. The van der Waals surface area contributed by atoms with Gasteiger partial charge < -0.3 is 4.90 Å². The summed E-state index contributed by atoms with van der Waals surface area (Å²) in [6.45, 7) is 12.4. The molecule has 3 aromatic rings. The molecule has 8 heteroatoms.